The first-order valence-electron chi connectivity index (χ1n) is 5.18. The number of nitrogens with one attached hydrogen (secondary N) is 1. The van der Waals surface area contributed by atoms with Gasteiger partial charge >= 0.3 is 0 Å². The zero-order valence-electron chi connectivity index (χ0n) is 9.99. The second-order valence-electron chi connectivity index (χ2n) is 3.87. The predicted molar refractivity (Wildman–Crippen MR) is 61.7 cm³/mol. The average Bonchev–Trinajstić information content (AvgIpc) is 2.90. The maximum absolute atomic E-state index is 12.0. The van der Waals surface area contributed by atoms with Crippen molar-refractivity contribution in [1.82, 2.24) is 24.6 Å². The van der Waals surface area contributed by atoms with Crippen molar-refractivity contribution < 1.29 is 12.9 Å². The van der Waals surface area contributed by atoms with Crippen LogP contribution >= 0.6 is 0 Å². The molecule has 0 fully saturated rings. The van der Waals surface area contributed by atoms with Crippen LogP contribution in [0.25, 0.3) is 0 Å². The highest BCUT2D eigenvalue weighted by molar-refractivity contribution is 7.88. The van der Waals surface area contributed by atoms with E-state index in [9.17, 15) is 8.42 Å². The van der Waals surface area contributed by atoms with Crippen LogP contribution in [0.4, 0.5) is 0 Å². The van der Waals surface area contributed by atoms with Gasteiger partial charge in [-0.05, 0) is 6.92 Å². The van der Waals surface area contributed by atoms with Crippen LogP contribution in [0.5, 0.6) is 0 Å². The Labute approximate surface area is 104 Å². The lowest BCUT2D eigenvalue weighted by atomic mass is 10.4. The summed E-state index contributed by atoms with van der Waals surface area (Å²) in [7, 11) is -1.98. The molecule has 0 aliphatic rings. The van der Waals surface area contributed by atoms with Gasteiger partial charge in [0, 0.05) is 13.1 Å². The van der Waals surface area contributed by atoms with Gasteiger partial charge in [0.2, 0.25) is 10.0 Å². The number of aromatic amines is 1. The van der Waals surface area contributed by atoms with E-state index in [1.165, 1.54) is 17.7 Å². The molecule has 2 heterocycles. The Bertz CT molecular complexity index is 604. The van der Waals surface area contributed by atoms with Crippen LogP contribution in [0.3, 0.4) is 0 Å². The van der Waals surface area contributed by atoms with Crippen molar-refractivity contribution in [3.05, 3.63) is 29.7 Å². The second-order valence-corrected chi connectivity index (χ2v) is 5.95. The molecule has 0 aliphatic heterocycles. The van der Waals surface area contributed by atoms with Gasteiger partial charge in [0.25, 0.3) is 0 Å². The first kappa shape index (κ1) is 12.7. The van der Waals surface area contributed by atoms with E-state index in [1.54, 1.807) is 13.0 Å². The van der Waals surface area contributed by atoms with E-state index in [4.69, 9.17) is 4.52 Å². The molecule has 0 bridgehead atoms. The third kappa shape index (κ3) is 2.93. The molecule has 0 atom stereocenters. The summed E-state index contributed by atoms with van der Waals surface area (Å²) >= 11 is 0. The standard InChI is InChI=1S/C9H13N5O3S/c1-7-3-8(13-17-7)5-18(15,16)14(2)4-9-10-6-11-12-9/h3,6H,4-5H2,1-2H3,(H,10,11,12). The molecule has 8 nitrogen and oxygen atoms in total. The van der Waals surface area contributed by atoms with E-state index in [0.717, 1.165) is 0 Å². The molecule has 18 heavy (non-hydrogen) atoms. The van der Waals surface area contributed by atoms with Gasteiger partial charge in [0.1, 0.15) is 29.4 Å². The van der Waals surface area contributed by atoms with Gasteiger partial charge in [-0.2, -0.15) is 9.40 Å². The first-order chi connectivity index (χ1) is 8.47. The monoisotopic (exact) mass is 271 g/mol. The van der Waals surface area contributed by atoms with Crippen LogP contribution in [-0.2, 0) is 22.3 Å². The fourth-order valence-electron chi connectivity index (χ4n) is 1.40. The smallest absolute Gasteiger partial charge is 0.220 e. The largest absolute Gasteiger partial charge is 0.361 e. The minimum atomic E-state index is -3.45. The summed E-state index contributed by atoms with van der Waals surface area (Å²) in [6.45, 7) is 1.85. The minimum absolute atomic E-state index is 0.138. The van der Waals surface area contributed by atoms with E-state index in [1.807, 2.05) is 0 Å². The average molecular weight is 271 g/mol. The van der Waals surface area contributed by atoms with Crippen LogP contribution in [-0.4, -0.2) is 40.1 Å². The van der Waals surface area contributed by atoms with Crippen LogP contribution in [0.1, 0.15) is 17.3 Å². The van der Waals surface area contributed by atoms with Crippen LogP contribution in [0.15, 0.2) is 16.9 Å². The summed E-state index contributed by atoms with van der Waals surface area (Å²) in [6, 6.07) is 1.60. The number of aryl methyl sites for hydroxylation is 1. The normalized spacial score (nSPS) is 12.2. The van der Waals surface area contributed by atoms with Gasteiger partial charge in [-0.1, -0.05) is 5.16 Å². The molecule has 0 unspecified atom stereocenters. The SMILES string of the molecule is Cc1cc(CS(=O)(=O)N(C)Cc2ncn[nH]2)no1. The van der Waals surface area contributed by atoms with Gasteiger partial charge in [-0.3, -0.25) is 5.10 Å². The Kier molecular flexibility index (Phi) is 3.43. The van der Waals surface area contributed by atoms with Crippen LogP contribution in [0, 0.1) is 6.92 Å². The van der Waals surface area contributed by atoms with Gasteiger partial charge in [-0.15, -0.1) is 0 Å². The molecule has 0 saturated heterocycles. The topological polar surface area (TPSA) is 105 Å². The highest BCUT2D eigenvalue weighted by Gasteiger charge is 2.21. The van der Waals surface area contributed by atoms with Crippen LogP contribution in [0.2, 0.25) is 0 Å². The fourth-order valence-corrected chi connectivity index (χ4v) is 2.45. The molecule has 2 rings (SSSR count). The van der Waals surface area contributed by atoms with E-state index in [2.05, 4.69) is 20.3 Å². The molecule has 0 spiro atoms. The lowest BCUT2D eigenvalue weighted by molar-refractivity contribution is 0.391. The lowest BCUT2D eigenvalue weighted by Crippen LogP contribution is -2.28. The quantitative estimate of drug-likeness (QED) is 0.824. The molecule has 2 aromatic heterocycles. The lowest BCUT2D eigenvalue weighted by Gasteiger charge is -2.14. The predicted octanol–water partition coefficient (Wildman–Crippen LogP) is 0.0629. The Morgan fingerprint density at radius 1 is 1.50 bits per heavy atom. The Morgan fingerprint density at radius 2 is 2.28 bits per heavy atom. The first-order valence-corrected chi connectivity index (χ1v) is 6.79. The number of rotatable bonds is 5. The molecule has 98 valence electrons. The van der Waals surface area contributed by atoms with E-state index in [-0.39, 0.29) is 12.3 Å². The fraction of sp³-hybridized carbons (Fsp3) is 0.444. The number of hydrogen-bond donors (Lipinski definition) is 1. The summed E-state index contributed by atoms with van der Waals surface area (Å²) in [5.41, 5.74) is 0.386. The summed E-state index contributed by atoms with van der Waals surface area (Å²) in [4.78, 5) is 3.87. The van der Waals surface area contributed by atoms with Gasteiger partial charge < -0.3 is 4.52 Å². The molecule has 9 heteroatoms. The van der Waals surface area contributed by atoms with Crippen molar-refractivity contribution in [2.24, 2.45) is 0 Å². The summed E-state index contributed by atoms with van der Waals surface area (Å²) in [5, 5.41) is 9.93. The molecular formula is C9H13N5O3S. The minimum Gasteiger partial charge on any atom is -0.361 e. The van der Waals surface area contributed by atoms with Gasteiger partial charge in [-0.25, -0.2) is 13.4 Å². The van der Waals surface area contributed by atoms with Crippen molar-refractivity contribution in [2.45, 2.75) is 19.2 Å². The zero-order valence-corrected chi connectivity index (χ0v) is 10.8. The second kappa shape index (κ2) is 4.86. The Morgan fingerprint density at radius 3 is 2.83 bits per heavy atom. The van der Waals surface area contributed by atoms with Gasteiger partial charge in [0.05, 0.1) is 6.54 Å². The third-order valence-corrected chi connectivity index (χ3v) is 4.06. The number of sulfonamides is 1. The molecule has 0 saturated carbocycles. The van der Waals surface area contributed by atoms with Crippen molar-refractivity contribution in [3.8, 4) is 0 Å². The number of hydrogen-bond acceptors (Lipinski definition) is 6. The number of H-pyrrole nitrogens is 1. The Hall–Kier alpha value is -1.74. The highest BCUT2D eigenvalue weighted by atomic mass is 32.2. The number of nitrogens with zero attached hydrogens (tertiary/aromatic N) is 4. The summed E-state index contributed by atoms with van der Waals surface area (Å²) in [5.74, 6) is 0.866. The van der Waals surface area contributed by atoms with E-state index >= 15 is 0 Å². The summed E-state index contributed by atoms with van der Waals surface area (Å²) < 4.78 is 30.1. The van der Waals surface area contributed by atoms with E-state index in [0.29, 0.717) is 17.3 Å². The third-order valence-electron chi connectivity index (χ3n) is 2.32. The molecule has 0 aliphatic carbocycles. The number of aromatic nitrogens is 4. The molecule has 0 amide bonds. The van der Waals surface area contributed by atoms with Gasteiger partial charge in [0.15, 0.2) is 0 Å². The maximum atomic E-state index is 12.0. The van der Waals surface area contributed by atoms with E-state index < -0.39 is 10.0 Å². The van der Waals surface area contributed by atoms with Crippen molar-refractivity contribution in [2.75, 3.05) is 7.05 Å². The van der Waals surface area contributed by atoms with Crippen LogP contribution < -0.4 is 0 Å². The molecular weight excluding hydrogens is 258 g/mol. The molecule has 1 N–H and O–H groups in total. The summed E-state index contributed by atoms with van der Waals surface area (Å²) in [6.07, 6.45) is 1.33. The molecule has 0 aromatic carbocycles. The maximum Gasteiger partial charge on any atom is 0.220 e. The zero-order chi connectivity index (χ0) is 13.2. The molecule has 0 radical (unpaired) electrons. The van der Waals surface area contributed by atoms with Crippen molar-refractivity contribution >= 4 is 10.0 Å². The van der Waals surface area contributed by atoms with Crippen molar-refractivity contribution in [3.63, 3.8) is 0 Å². The highest BCUT2D eigenvalue weighted by Crippen LogP contribution is 2.11. The van der Waals surface area contributed by atoms with Crippen molar-refractivity contribution in [1.29, 1.82) is 0 Å². The molecule has 2 aromatic rings. The Balaban J connectivity index is 2.06.